The maximum atomic E-state index is 6.97. The van der Waals surface area contributed by atoms with Gasteiger partial charge >= 0.3 is 0 Å². The van der Waals surface area contributed by atoms with Crippen LogP contribution in [0.1, 0.15) is 68.6 Å². The molecule has 2 heterocycles. The molecule has 0 saturated heterocycles. The van der Waals surface area contributed by atoms with Crippen LogP contribution in [0.5, 0.6) is 11.5 Å². The third-order valence-corrected chi connectivity index (χ3v) is 8.27. The average molecular weight is 495 g/mol. The summed E-state index contributed by atoms with van der Waals surface area (Å²) >= 11 is 0. The lowest BCUT2D eigenvalue weighted by molar-refractivity contribution is 0.218. The highest BCUT2D eigenvalue weighted by Crippen LogP contribution is 2.60. The average Bonchev–Trinajstić information content (AvgIpc) is 3.59. The van der Waals surface area contributed by atoms with E-state index in [0.717, 1.165) is 11.5 Å². The minimum Gasteiger partial charge on any atom is -0.484 e. The first kappa shape index (κ1) is 22.9. The highest BCUT2D eigenvalue weighted by atomic mass is 16.5. The van der Waals surface area contributed by atoms with Crippen molar-refractivity contribution in [1.29, 1.82) is 0 Å². The van der Waals surface area contributed by atoms with Gasteiger partial charge in [-0.25, -0.2) is 0 Å². The third kappa shape index (κ3) is 3.55. The second-order valence-electron chi connectivity index (χ2n) is 10.4. The van der Waals surface area contributed by atoms with Crippen molar-refractivity contribution < 1.29 is 9.47 Å². The van der Waals surface area contributed by atoms with Crippen LogP contribution in [0.2, 0.25) is 0 Å². The zero-order valence-electron chi connectivity index (χ0n) is 21.7. The van der Waals surface area contributed by atoms with Crippen LogP contribution in [0.3, 0.4) is 0 Å². The largest absolute Gasteiger partial charge is 0.484 e. The topological polar surface area (TPSA) is 18.5 Å². The molecule has 0 bridgehead atoms. The van der Waals surface area contributed by atoms with Gasteiger partial charge in [0.15, 0.2) is 0 Å². The van der Waals surface area contributed by atoms with Gasteiger partial charge in [-0.1, -0.05) is 121 Å². The van der Waals surface area contributed by atoms with E-state index < -0.39 is 0 Å². The second-order valence-corrected chi connectivity index (χ2v) is 10.4. The van der Waals surface area contributed by atoms with Crippen LogP contribution < -0.4 is 9.47 Å². The molecular formula is C36H30O2. The molecule has 0 radical (unpaired) electrons. The molecule has 2 aliphatic rings. The van der Waals surface area contributed by atoms with E-state index in [-0.39, 0.29) is 24.0 Å². The van der Waals surface area contributed by atoms with Gasteiger partial charge in [0.25, 0.3) is 0 Å². The molecule has 7 rings (SSSR count). The quantitative estimate of drug-likeness (QED) is 0.248. The Balaban J connectivity index is 1.45. The second kappa shape index (κ2) is 9.22. The zero-order chi connectivity index (χ0) is 25.6. The van der Waals surface area contributed by atoms with E-state index in [1.165, 1.54) is 44.5 Å². The van der Waals surface area contributed by atoms with Crippen LogP contribution in [0, 0.1) is 13.8 Å². The summed E-state index contributed by atoms with van der Waals surface area (Å²) in [5, 5.41) is 0. The normalized spacial score (nSPS) is 21.3. The Kier molecular flexibility index (Phi) is 5.55. The standard InChI is InChI=1S/C36H30O2/c1-23-29-31(25-15-7-3-8-16-25)35(27-19-11-5-12-20-27)38-34(29)24(2)30-32(26-17-9-4-10-18-26)36(37-33(23)30)28-21-13-6-14-22-28/h3-22,31-32,35-36H,1-2H3. The van der Waals surface area contributed by atoms with E-state index in [4.69, 9.17) is 9.47 Å². The summed E-state index contributed by atoms with van der Waals surface area (Å²) in [5.74, 6) is 2.21. The van der Waals surface area contributed by atoms with E-state index >= 15 is 0 Å². The van der Waals surface area contributed by atoms with Crippen LogP contribution >= 0.6 is 0 Å². The van der Waals surface area contributed by atoms with Gasteiger partial charge in [0.2, 0.25) is 0 Å². The first-order valence-electron chi connectivity index (χ1n) is 13.4. The molecule has 4 atom stereocenters. The van der Waals surface area contributed by atoms with Crippen molar-refractivity contribution in [3.63, 3.8) is 0 Å². The number of fused-ring (bicyclic) bond motifs is 2. The molecule has 38 heavy (non-hydrogen) atoms. The first-order chi connectivity index (χ1) is 18.7. The highest BCUT2D eigenvalue weighted by Gasteiger charge is 2.46. The molecule has 4 unspecified atom stereocenters. The number of hydrogen-bond donors (Lipinski definition) is 0. The third-order valence-electron chi connectivity index (χ3n) is 8.27. The van der Waals surface area contributed by atoms with Crippen molar-refractivity contribution >= 4 is 0 Å². The van der Waals surface area contributed by atoms with Gasteiger partial charge in [-0.2, -0.15) is 0 Å². The molecule has 0 amide bonds. The van der Waals surface area contributed by atoms with Gasteiger partial charge < -0.3 is 9.47 Å². The van der Waals surface area contributed by atoms with Crippen LogP contribution in [0.15, 0.2) is 121 Å². The van der Waals surface area contributed by atoms with Gasteiger partial charge in [-0.3, -0.25) is 0 Å². The molecular weight excluding hydrogens is 464 g/mol. The predicted molar refractivity (Wildman–Crippen MR) is 152 cm³/mol. The van der Waals surface area contributed by atoms with Gasteiger partial charge in [0.05, 0.1) is 11.8 Å². The Morgan fingerprint density at radius 3 is 1.00 bits per heavy atom. The van der Waals surface area contributed by atoms with Crippen molar-refractivity contribution in [3.8, 4) is 11.5 Å². The monoisotopic (exact) mass is 494 g/mol. The van der Waals surface area contributed by atoms with Crippen LogP contribution in [0.4, 0.5) is 0 Å². The van der Waals surface area contributed by atoms with E-state index in [9.17, 15) is 0 Å². The lowest BCUT2D eigenvalue weighted by atomic mass is 9.78. The molecule has 0 aliphatic carbocycles. The number of ether oxygens (including phenoxy) is 2. The lowest BCUT2D eigenvalue weighted by Gasteiger charge is -2.22. The molecule has 0 saturated carbocycles. The summed E-state index contributed by atoms with van der Waals surface area (Å²) in [5.41, 5.74) is 9.79. The predicted octanol–water partition coefficient (Wildman–Crippen LogP) is 8.83. The Morgan fingerprint density at radius 2 is 0.684 bits per heavy atom. The fourth-order valence-corrected chi connectivity index (χ4v) is 6.54. The molecule has 0 aromatic heterocycles. The number of benzene rings is 5. The van der Waals surface area contributed by atoms with Gasteiger partial charge in [-0.15, -0.1) is 0 Å². The Morgan fingerprint density at radius 1 is 0.395 bits per heavy atom. The summed E-state index contributed by atoms with van der Waals surface area (Å²) in [4.78, 5) is 0. The van der Waals surface area contributed by atoms with E-state index in [1.807, 2.05) is 0 Å². The fraction of sp³-hybridized carbons (Fsp3) is 0.167. The number of hydrogen-bond acceptors (Lipinski definition) is 2. The molecule has 2 aliphatic heterocycles. The molecule has 186 valence electrons. The van der Waals surface area contributed by atoms with Gasteiger partial charge in [0, 0.05) is 11.1 Å². The fourth-order valence-electron chi connectivity index (χ4n) is 6.54. The molecule has 0 spiro atoms. The molecule has 0 fully saturated rings. The maximum Gasteiger partial charge on any atom is 0.135 e. The van der Waals surface area contributed by atoms with Gasteiger partial charge in [-0.05, 0) is 47.2 Å². The summed E-state index contributed by atoms with van der Waals surface area (Å²) in [7, 11) is 0. The molecule has 5 aromatic rings. The van der Waals surface area contributed by atoms with E-state index in [0.29, 0.717) is 0 Å². The smallest absolute Gasteiger partial charge is 0.135 e. The summed E-state index contributed by atoms with van der Waals surface area (Å²) in [6, 6.07) is 42.8. The SMILES string of the molecule is Cc1c2c(c(C)c3c1C(c1ccccc1)C(c1ccccc1)O3)C(c1ccccc1)C(c1ccccc1)O2. The molecule has 0 N–H and O–H groups in total. The van der Waals surface area contributed by atoms with E-state index in [2.05, 4.69) is 135 Å². The van der Waals surface area contributed by atoms with Crippen LogP contribution in [-0.4, -0.2) is 0 Å². The Labute approximate surface area is 224 Å². The Hall–Kier alpha value is -4.30. The maximum absolute atomic E-state index is 6.97. The summed E-state index contributed by atoms with van der Waals surface area (Å²) in [6.45, 7) is 4.44. The summed E-state index contributed by atoms with van der Waals surface area (Å²) in [6.07, 6.45) is -0.178. The van der Waals surface area contributed by atoms with E-state index in [1.54, 1.807) is 0 Å². The van der Waals surface area contributed by atoms with Crippen LogP contribution in [-0.2, 0) is 0 Å². The van der Waals surface area contributed by atoms with Gasteiger partial charge in [0.1, 0.15) is 23.7 Å². The van der Waals surface area contributed by atoms with Crippen molar-refractivity contribution in [2.45, 2.75) is 37.9 Å². The lowest BCUT2D eigenvalue weighted by Crippen LogP contribution is -2.12. The van der Waals surface area contributed by atoms with Crippen molar-refractivity contribution in [3.05, 3.63) is 166 Å². The molecule has 5 aromatic carbocycles. The van der Waals surface area contributed by atoms with Crippen molar-refractivity contribution in [2.75, 3.05) is 0 Å². The van der Waals surface area contributed by atoms with Crippen LogP contribution in [0.25, 0.3) is 0 Å². The molecule has 2 nitrogen and oxygen atoms in total. The summed E-state index contributed by atoms with van der Waals surface area (Å²) < 4.78 is 13.9. The number of rotatable bonds is 4. The first-order valence-corrected chi connectivity index (χ1v) is 13.4. The van der Waals surface area contributed by atoms with Crippen molar-refractivity contribution in [2.24, 2.45) is 0 Å². The minimum absolute atomic E-state index is 0.0892. The Bertz CT molecular complexity index is 1450. The minimum atomic E-state index is -0.0892. The highest BCUT2D eigenvalue weighted by molar-refractivity contribution is 5.68. The zero-order valence-corrected chi connectivity index (χ0v) is 21.7. The van der Waals surface area contributed by atoms with Crippen molar-refractivity contribution in [1.82, 2.24) is 0 Å². The molecule has 2 heteroatoms.